The lowest BCUT2D eigenvalue weighted by atomic mass is 9.96. The molecule has 0 aromatic heterocycles. The summed E-state index contributed by atoms with van der Waals surface area (Å²) in [6, 6.07) is 0. The molecule has 1 unspecified atom stereocenters. The lowest BCUT2D eigenvalue weighted by molar-refractivity contribution is -0.121. The van der Waals surface area contributed by atoms with Gasteiger partial charge in [0.2, 0.25) is 5.91 Å². The molecule has 5 heteroatoms. The van der Waals surface area contributed by atoms with Crippen molar-refractivity contribution < 1.29 is 14.6 Å². The minimum absolute atomic E-state index is 0.0191. The largest absolute Gasteiger partial charge is 0.394 e. The minimum Gasteiger partial charge on any atom is -0.394 e. The monoisotopic (exact) mass is 246 g/mol. The molecular weight excluding hydrogens is 220 g/mol. The van der Waals surface area contributed by atoms with Crippen molar-refractivity contribution in [3.63, 3.8) is 0 Å². The molecule has 0 rings (SSSR count). The number of carbonyl (C=O) groups is 1. The maximum atomic E-state index is 11.5. The van der Waals surface area contributed by atoms with Crippen LogP contribution in [-0.4, -0.2) is 43.9 Å². The average molecular weight is 246 g/mol. The second kappa shape index (κ2) is 11.8. The second-order valence-corrected chi connectivity index (χ2v) is 4.08. The summed E-state index contributed by atoms with van der Waals surface area (Å²) in [6.45, 7) is 4.12. The minimum atomic E-state index is 0.0191. The average Bonchev–Trinajstić information content (AvgIpc) is 2.34. The standard InChI is InChI=1S/C12H26N2O3/c1-2-11(5-6-13)3-4-12(16)14-7-9-17-10-8-15/h11,15H,2-10,13H2,1H3,(H,14,16). The van der Waals surface area contributed by atoms with E-state index >= 15 is 0 Å². The first-order chi connectivity index (χ1) is 8.24. The van der Waals surface area contributed by atoms with Crippen molar-refractivity contribution in [1.29, 1.82) is 0 Å². The number of rotatable bonds is 11. The molecule has 0 aliphatic rings. The predicted molar refractivity (Wildman–Crippen MR) is 67.6 cm³/mol. The number of aliphatic hydroxyl groups is 1. The van der Waals surface area contributed by atoms with Gasteiger partial charge in [-0.15, -0.1) is 0 Å². The summed E-state index contributed by atoms with van der Waals surface area (Å²) in [4.78, 5) is 11.5. The van der Waals surface area contributed by atoms with E-state index in [1.165, 1.54) is 0 Å². The van der Waals surface area contributed by atoms with Crippen molar-refractivity contribution in [3.8, 4) is 0 Å². The molecule has 0 saturated heterocycles. The van der Waals surface area contributed by atoms with E-state index in [-0.39, 0.29) is 12.5 Å². The van der Waals surface area contributed by atoms with Crippen molar-refractivity contribution in [1.82, 2.24) is 5.32 Å². The van der Waals surface area contributed by atoms with E-state index in [0.717, 1.165) is 19.3 Å². The number of amides is 1. The Hall–Kier alpha value is -0.650. The molecule has 0 bridgehead atoms. The topological polar surface area (TPSA) is 84.6 Å². The van der Waals surface area contributed by atoms with Crippen LogP contribution in [0.5, 0.6) is 0 Å². The summed E-state index contributed by atoms with van der Waals surface area (Å²) in [6.07, 6.45) is 3.52. The third-order valence-electron chi connectivity index (χ3n) is 2.74. The number of aliphatic hydroxyl groups excluding tert-OH is 1. The van der Waals surface area contributed by atoms with Crippen LogP contribution in [0.3, 0.4) is 0 Å². The molecule has 5 nitrogen and oxygen atoms in total. The molecule has 17 heavy (non-hydrogen) atoms. The van der Waals surface area contributed by atoms with Gasteiger partial charge in [0.1, 0.15) is 0 Å². The summed E-state index contributed by atoms with van der Waals surface area (Å²) < 4.78 is 5.04. The van der Waals surface area contributed by atoms with Gasteiger partial charge in [-0.1, -0.05) is 13.3 Å². The number of nitrogens with one attached hydrogen (secondary N) is 1. The van der Waals surface area contributed by atoms with Crippen LogP contribution in [0, 0.1) is 5.92 Å². The van der Waals surface area contributed by atoms with Crippen LogP contribution in [0.15, 0.2) is 0 Å². The summed E-state index contributed by atoms with van der Waals surface area (Å²) in [5.41, 5.74) is 5.50. The van der Waals surface area contributed by atoms with Crippen LogP contribution in [0.2, 0.25) is 0 Å². The zero-order valence-corrected chi connectivity index (χ0v) is 10.8. The molecule has 0 fully saturated rings. The zero-order valence-electron chi connectivity index (χ0n) is 10.8. The van der Waals surface area contributed by atoms with Crippen LogP contribution in [-0.2, 0) is 9.53 Å². The first-order valence-corrected chi connectivity index (χ1v) is 6.39. The fourth-order valence-corrected chi connectivity index (χ4v) is 1.64. The Morgan fingerprint density at radius 1 is 1.41 bits per heavy atom. The Morgan fingerprint density at radius 2 is 2.18 bits per heavy atom. The highest BCUT2D eigenvalue weighted by Gasteiger charge is 2.08. The third kappa shape index (κ3) is 10.2. The van der Waals surface area contributed by atoms with Gasteiger partial charge in [0.05, 0.1) is 19.8 Å². The van der Waals surface area contributed by atoms with Crippen LogP contribution < -0.4 is 11.1 Å². The van der Waals surface area contributed by atoms with Gasteiger partial charge in [0, 0.05) is 13.0 Å². The highest BCUT2D eigenvalue weighted by molar-refractivity contribution is 5.75. The Balaban J connectivity index is 3.44. The highest BCUT2D eigenvalue weighted by Crippen LogP contribution is 2.13. The molecule has 102 valence electrons. The van der Waals surface area contributed by atoms with Gasteiger partial charge in [-0.25, -0.2) is 0 Å². The second-order valence-electron chi connectivity index (χ2n) is 4.08. The molecule has 0 aliphatic heterocycles. The SMILES string of the molecule is CCC(CCN)CCC(=O)NCCOCCO. The maximum Gasteiger partial charge on any atom is 0.220 e. The molecule has 1 amide bonds. The van der Waals surface area contributed by atoms with E-state index in [0.29, 0.717) is 38.6 Å². The zero-order chi connectivity index (χ0) is 12.9. The van der Waals surface area contributed by atoms with E-state index in [1.807, 2.05) is 0 Å². The van der Waals surface area contributed by atoms with Gasteiger partial charge < -0.3 is 20.9 Å². The molecule has 0 spiro atoms. The van der Waals surface area contributed by atoms with Gasteiger partial charge in [-0.05, 0) is 25.3 Å². The maximum absolute atomic E-state index is 11.5. The van der Waals surface area contributed by atoms with E-state index in [4.69, 9.17) is 15.6 Å². The molecule has 4 N–H and O–H groups in total. The lowest BCUT2D eigenvalue weighted by Crippen LogP contribution is -2.27. The molecule has 0 aromatic carbocycles. The number of nitrogens with two attached hydrogens (primary N) is 1. The summed E-state index contributed by atoms with van der Waals surface area (Å²) in [7, 11) is 0. The van der Waals surface area contributed by atoms with E-state index in [2.05, 4.69) is 12.2 Å². The van der Waals surface area contributed by atoms with Crippen LogP contribution in [0.25, 0.3) is 0 Å². The summed E-state index contributed by atoms with van der Waals surface area (Å²) >= 11 is 0. The molecule has 0 saturated carbocycles. The molecule has 0 aromatic rings. The highest BCUT2D eigenvalue weighted by atomic mass is 16.5. The van der Waals surface area contributed by atoms with Crippen LogP contribution in [0.4, 0.5) is 0 Å². The van der Waals surface area contributed by atoms with E-state index in [1.54, 1.807) is 0 Å². The van der Waals surface area contributed by atoms with Gasteiger partial charge >= 0.3 is 0 Å². The van der Waals surface area contributed by atoms with Gasteiger partial charge in [0.15, 0.2) is 0 Å². The normalized spacial score (nSPS) is 12.4. The number of ether oxygens (including phenoxy) is 1. The van der Waals surface area contributed by atoms with Crippen molar-refractivity contribution in [2.24, 2.45) is 11.7 Å². The van der Waals surface area contributed by atoms with Gasteiger partial charge in [0.25, 0.3) is 0 Å². The molecule has 0 heterocycles. The van der Waals surface area contributed by atoms with E-state index in [9.17, 15) is 4.79 Å². The van der Waals surface area contributed by atoms with Crippen LogP contribution in [0.1, 0.15) is 32.6 Å². The fourth-order valence-electron chi connectivity index (χ4n) is 1.64. The van der Waals surface area contributed by atoms with Crippen LogP contribution >= 0.6 is 0 Å². The lowest BCUT2D eigenvalue weighted by Gasteiger charge is -2.13. The van der Waals surface area contributed by atoms with Gasteiger partial charge in [-0.3, -0.25) is 4.79 Å². The van der Waals surface area contributed by atoms with Crippen molar-refractivity contribution >= 4 is 5.91 Å². The number of hydrogen-bond donors (Lipinski definition) is 3. The van der Waals surface area contributed by atoms with Gasteiger partial charge in [-0.2, -0.15) is 0 Å². The van der Waals surface area contributed by atoms with Crippen molar-refractivity contribution in [2.45, 2.75) is 32.6 Å². The summed E-state index contributed by atoms with van der Waals surface area (Å²) in [5.74, 6) is 0.615. The molecule has 0 radical (unpaired) electrons. The molecule has 1 atom stereocenters. The Morgan fingerprint density at radius 3 is 2.76 bits per heavy atom. The summed E-state index contributed by atoms with van der Waals surface area (Å²) in [5, 5.41) is 11.3. The molecular formula is C12H26N2O3. The van der Waals surface area contributed by atoms with Crippen molar-refractivity contribution in [3.05, 3.63) is 0 Å². The Kier molecular flexibility index (Phi) is 11.4. The molecule has 0 aliphatic carbocycles. The predicted octanol–water partition coefficient (Wildman–Crippen LogP) is 0.267. The quantitative estimate of drug-likeness (QED) is 0.457. The fraction of sp³-hybridized carbons (Fsp3) is 0.917. The Labute approximate surface area is 104 Å². The first-order valence-electron chi connectivity index (χ1n) is 6.39. The smallest absolute Gasteiger partial charge is 0.220 e. The first kappa shape index (κ1) is 16.4. The van der Waals surface area contributed by atoms with E-state index < -0.39 is 0 Å². The Bertz CT molecular complexity index is 189. The third-order valence-corrected chi connectivity index (χ3v) is 2.74. The number of hydrogen-bond acceptors (Lipinski definition) is 4. The van der Waals surface area contributed by atoms with Crippen molar-refractivity contribution in [2.75, 3.05) is 32.9 Å². The number of carbonyl (C=O) groups excluding carboxylic acids is 1.